The van der Waals surface area contributed by atoms with Crippen molar-refractivity contribution >= 4 is 153 Å². The second-order valence-corrected chi connectivity index (χ2v) is 18.5. The Hall–Kier alpha value is -7.32. The third kappa shape index (κ3) is 3.23. The molecule has 0 saturated carbocycles. The number of imide groups is 2. The lowest BCUT2D eigenvalue weighted by atomic mass is 9.80. The molecule has 60 heavy (non-hydrogen) atoms. The van der Waals surface area contributed by atoms with Crippen molar-refractivity contribution < 1.29 is 19.2 Å². The number of amides is 4. The number of benzene rings is 11. The normalized spacial score (nSPS) is 15.2. The molecule has 2 aromatic heterocycles. The fraction of sp³-hybridized carbons (Fsp3) is 0.154. The molecule has 4 heterocycles. The van der Waals surface area contributed by atoms with E-state index < -0.39 is 0 Å². The van der Waals surface area contributed by atoms with Crippen LogP contribution >= 0.6 is 0 Å². The zero-order valence-corrected chi connectivity index (χ0v) is 33.0. The van der Waals surface area contributed by atoms with Gasteiger partial charge in [-0.2, -0.15) is 0 Å². The van der Waals surface area contributed by atoms with Gasteiger partial charge in [-0.25, -0.2) is 0 Å². The second kappa shape index (κ2) is 9.75. The van der Waals surface area contributed by atoms with Gasteiger partial charge in [0.1, 0.15) is 0 Å². The Kier molecular flexibility index (Phi) is 5.14. The lowest BCUT2D eigenvalue weighted by molar-refractivity contribution is 0.0828. The zero-order chi connectivity index (χ0) is 40.1. The maximum absolute atomic E-state index is 13.6. The van der Waals surface area contributed by atoms with Crippen LogP contribution in [-0.2, 0) is 13.1 Å². The van der Waals surface area contributed by atoms with E-state index in [1.54, 1.807) is 0 Å². The minimum atomic E-state index is -0.353. The van der Waals surface area contributed by atoms with E-state index in [-0.39, 0.29) is 23.6 Å². The van der Waals surface area contributed by atoms with Crippen molar-refractivity contribution in [3.63, 3.8) is 0 Å². The lowest BCUT2D eigenvalue weighted by Gasteiger charge is -2.23. The predicted octanol–water partition coefficient (Wildman–Crippen LogP) is 11.4. The van der Waals surface area contributed by atoms with Crippen LogP contribution in [0.5, 0.6) is 0 Å². The van der Waals surface area contributed by atoms with Crippen LogP contribution in [0.4, 0.5) is 0 Å². The number of fused-ring (bicyclic) bond motifs is 4. The summed E-state index contributed by atoms with van der Waals surface area (Å²) in [5.74, 6) is -0.766. The van der Waals surface area contributed by atoms with Crippen molar-refractivity contribution in [1.82, 2.24) is 19.8 Å². The standard InChI is InChI=1S/C52H32N4O4/c1-19(2)17-55-33-13-29-30-14-34-46-42-24(26-10-12-28-40-32(52(60)54-50(28)58)16-36(48(46)44(26)40)56(34)18-20(3)4)8-6-22(38(30)42)21-5-7-23-25-9-11-27-39-31(51(59)53-49(27)57)15-35(55)47(43(25)39)45(33)41(23)37(21)29/h5-16,19-20H,17-18H2,1-4H3,(H,53,57,59)(H,54,58,60). The van der Waals surface area contributed by atoms with E-state index in [2.05, 4.69) is 96.0 Å². The van der Waals surface area contributed by atoms with Gasteiger partial charge in [0.25, 0.3) is 23.6 Å². The van der Waals surface area contributed by atoms with Crippen molar-refractivity contribution in [3.8, 4) is 0 Å². The number of hydrogen-bond donors (Lipinski definition) is 2. The van der Waals surface area contributed by atoms with Crippen molar-refractivity contribution in [1.29, 1.82) is 0 Å². The molecule has 0 saturated heterocycles. The molecular weight excluding hydrogens is 745 g/mol. The molecule has 13 aromatic rings. The molecule has 4 amide bonds. The van der Waals surface area contributed by atoms with E-state index in [1.807, 2.05) is 24.3 Å². The van der Waals surface area contributed by atoms with Gasteiger partial charge in [-0.1, -0.05) is 64.1 Å². The number of carbonyl (C=O) groups excluding carboxylic acids is 4. The van der Waals surface area contributed by atoms with Gasteiger partial charge >= 0.3 is 0 Å². The molecule has 284 valence electrons. The van der Waals surface area contributed by atoms with Gasteiger partial charge in [0.2, 0.25) is 0 Å². The van der Waals surface area contributed by atoms with E-state index in [0.717, 1.165) is 89.0 Å². The van der Waals surface area contributed by atoms with Crippen LogP contribution in [0, 0.1) is 11.8 Å². The first-order valence-electron chi connectivity index (χ1n) is 20.9. The molecule has 11 aromatic carbocycles. The molecule has 2 aliphatic rings. The van der Waals surface area contributed by atoms with Gasteiger partial charge in [0.15, 0.2) is 0 Å². The summed E-state index contributed by atoms with van der Waals surface area (Å²) in [4.78, 5) is 53.9. The molecule has 0 unspecified atom stereocenters. The fourth-order valence-corrected chi connectivity index (χ4v) is 12.4. The summed E-state index contributed by atoms with van der Waals surface area (Å²) in [6.07, 6.45) is 0. The van der Waals surface area contributed by atoms with Crippen LogP contribution < -0.4 is 10.6 Å². The fourth-order valence-electron chi connectivity index (χ4n) is 12.4. The summed E-state index contributed by atoms with van der Waals surface area (Å²) in [5.41, 5.74) is 6.45. The maximum atomic E-state index is 13.6. The molecule has 0 radical (unpaired) electrons. The number of rotatable bonds is 4. The van der Waals surface area contributed by atoms with Crippen LogP contribution in [0.15, 0.2) is 72.8 Å². The highest BCUT2D eigenvalue weighted by atomic mass is 16.2. The molecule has 8 nitrogen and oxygen atoms in total. The van der Waals surface area contributed by atoms with E-state index in [9.17, 15) is 19.2 Å². The zero-order valence-electron chi connectivity index (χ0n) is 33.0. The number of hydrogen-bond acceptors (Lipinski definition) is 4. The van der Waals surface area contributed by atoms with E-state index in [0.29, 0.717) is 34.1 Å². The maximum Gasteiger partial charge on any atom is 0.258 e. The average molecular weight is 777 g/mol. The number of aromatic nitrogens is 2. The smallest absolute Gasteiger partial charge is 0.258 e. The molecule has 0 aliphatic carbocycles. The van der Waals surface area contributed by atoms with Crippen LogP contribution in [-0.4, -0.2) is 32.8 Å². The highest BCUT2D eigenvalue weighted by Gasteiger charge is 2.35. The Bertz CT molecular complexity index is 3980. The van der Waals surface area contributed by atoms with Crippen molar-refractivity contribution in [2.24, 2.45) is 11.8 Å². The van der Waals surface area contributed by atoms with E-state index in [4.69, 9.17) is 0 Å². The van der Waals surface area contributed by atoms with E-state index in [1.165, 1.54) is 53.9 Å². The Labute approximate surface area is 338 Å². The van der Waals surface area contributed by atoms with Gasteiger partial charge in [0.05, 0.1) is 33.2 Å². The van der Waals surface area contributed by atoms with Gasteiger partial charge in [0, 0.05) is 78.1 Å². The SMILES string of the molecule is CC(C)Cn1c2cc3c4c(ccc5c6ccc7c8ccc9c%10ccc%11c%12c(cc%13c(c%12%10)c%10c9c8c(cc%10n%13CC(C)C)c8cc1c(c6c78)c2c45)C(=O)NC%11=O)C(=O)NC3=O. The quantitative estimate of drug-likeness (QED) is 0.106. The minimum absolute atomic E-state index is 0.322. The van der Waals surface area contributed by atoms with Crippen molar-refractivity contribution in [3.05, 3.63) is 95.1 Å². The number of nitrogens with zero attached hydrogens (tertiary/aromatic N) is 2. The van der Waals surface area contributed by atoms with Crippen LogP contribution in [0.3, 0.4) is 0 Å². The molecule has 0 spiro atoms. The molecule has 8 heteroatoms. The van der Waals surface area contributed by atoms with Crippen molar-refractivity contribution in [2.75, 3.05) is 0 Å². The van der Waals surface area contributed by atoms with E-state index >= 15 is 0 Å². The molecule has 2 aliphatic heterocycles. The highest BCUT2D eigenvalue weighted by Crippen LogP contribution is 2.56. The third-order valence-electron chi connectivity index (χ3n) is 14.4. The summed E-state index contributed by atoms with van der Waals surface area (Å²) in [6.45, 7) is 10.4. The lowest BCUT2D eigenvalue weighted by Crippen LogP contribution is -2.34. The summed E-state index contributed by atoms with van der Waals surface area (Å²) in [5, 5.41) is 27.2. The van der Waals surface area contributed by atoms with Gasteiger partial charge in [-0.15, -0.1) is 0 Å². The average Bonchev–Trinajstić information content (AvgIpc) is 3.71. The van der Waals surface area contributed by atoms with Gasteiger partial charge < -0.3 is 9.13 Å². The first-order valence-corrected chi connectivity index (χ1v) is 20.9. The molecule has 0 bridgehead atoms. The second-order valence-electron chi connectivity index (χ2n) is 18.5. The first kappa shape index (κ1) is 31.6. The predicted molar refractivity (Wildman–Crippen MR) is 242 cm³/mol. The van der Waals surface area contributed by atoms with Crippen molar-refractivity contribution in [2.45, 2.75) is 40.8 Å². The number of nitrogens with one attached hydrogen (secondary N) is 2. The first-order chi connectivity index (χ1) is 29.1. The minimum Gasteiger partial charge on any atom is -0.340 e. The molecule has 2 N–H and O–H groups in total. The Morgan fingerprint density at radius 3 is 1.02 bits per heavy atom. The summed E-state index contributed by atoms with van der Waals surface area (Å²) in [7, 11) is 0. The summed E-state index contributed by atoms with van der Waals surface area (Å²) < 4.78 is 4.84. The van der Waals surface area contributed by atoms with Gasteiger partial charge in [-0.3, -0.25) is 29.8 Å². The number of carbonyl (C=O) groups is 4. The summed E-state index contributed by atoms with van der Waals surface area (Å²) in [6, 6.07) is 25.9. The summed E-state index contributed by atoms with van der Waals surface area (Å²) >= 11 is 0. The Morgan fingerprint density at radius 1 is 0.350 bits per heavy atom. The highest BCUT2D eigenvalue weighted by molar-refractivity contribution is 6.52. The molecule has 0 fully saturated rings. The third-order valence-corrected chi connectivity index (χ3v) is 14.4. The van der Waals surface area contributed by atoms with Crippen LogP contribution in [0.1, 0.15) is 69.1 Å². The monoisotopic (exact) mass is 776 g/mol. The Morgan fingerprint density at radius 2 is 0.650 bits per heavy atom. The van der Waals surface area contributed by atoms with Gasteiger partial charge in [-0.05, 0) is 102 Å². The van der Waals surface area contributed by atoms with Crippen LogP contribution in [0.2, 0.25) is 0 Å². The molecule has 15 rings (SSSR count). The Balaban J connectivity index is 1.23. The topological polar surface area (TPSA) is 102 Å². The molecule has 0 atom stereocenters. The van der Waals surface area contributed by atoms with Crippen LogP contribution in [0.25, 0.3) is 130 Å². The largest absolute Gasteiger partial charge is 0.340 e. The molecular formula is C52H32N4O4.